The lowest BCUT2D eigenvalue weighted by atomic mass is 10.5. The topological polar surface area (TPSA) is 26.3 Å². The van der Waals surface area contributed by atoms with E-state index in [9.17, 15) is 4.79 Å². The summed E-state index contributed by atoms with van der Waals surface area (Å²) in [5.41, 5.74) is 0. The van der Waals surface area contributed by atoms with Crippen molar-refractivity contribution >= 4 is 18.4 Å². The van der Waals surface area contributed by atoms with Gasteiger partial charge in [0, 0.05) is 7.11 Å². The summed E-state index contributed by atoms with van der Waals surface area (Å²) in [4.78, 5) is 10.2. The summed E-state index contributed by atoms with van der Waals surface area (Å²) >= 11 is 3.72. The van der Waals surface area contributed by atoms with E-state index in [4.69, 9.17) is 0 Å². The van der Waals surface area contributed by atoms with Crippen LogP contribution in [0.2, 0.25) is 0 Å². The van der Waals surface area contributed by atoms with Crippen molar-refractivity contribution in [3.63, 3.8) is 0 Å². The van der Waals surface area contributed by atoms with Gasteiger partial charge in [0.15, 0.2) is 5.78 Å². The molecule has 0 aliphatic heterocycles. The molecule has 42 valence electrons. The second kappa shape index (κ2) is 4.15. The SMILES string of the molecule is COCC(=O)CS. The summed E-state index contributed by atoms with van der Waals surface area (Å²) in [5.74, 6) is 0.291. The van der Waals surface area contributed by atoms with Crippen LogP contribution in [0.25, 0.3) is 0 Å². The lowest BCUT2D eigenvalue weighted by Crippen LogP contribution is -2.06. The Labute approximate surface area is 48.3 Å². The van der Waals surface area contributed by atoms with Crippen LogP contribution in [-0.4, -0.2) is 25.3 Å². The zero-order valence-electron chi connectivity index (χ0n) is 4.18. The zero-order valence-corrected chi connectivity index (χ0v) is 5.07. The minimum atomic E-state index is 0.0193. The number of carbonyl (C=O) groups is 1. The van der Waals surface area contributed by atoms with Crippen molar-refractivity contribution in [2.75, 3.05) is 19.5 Å². The molecule has 0 spiro atoms. The molecule has 0 amide bonds. The Morgan fingerprint density at radius 3 is 2.57 bits per heavy atom. The third-order valence-electron chi connectivity index (χ3n) is 0.482. The Bertz CT molecular complexity index is 62.7. The van der Waals surface area contributed by atoms with Crippen molar-refractivity contribution in [3.05, 3.63) is 0 Å². The first-order valence-electron chi connectivity index (χ1n) is 1.92. The summed E-state index contributed by atoms with van der Waals surface area (Å²) < 4.78 is 4.50. The Morgan fingerprint density at radius 2 is 2.43 bits per heavy atom. The molecule has 0 radical (unpaired) electrons. The fourth-order valence-electron chi connectivity index (χ4n) is 0.207. The number of hydrogen-bond acceptors (Lipinski definition) is 3. The zero-order chi connectivity index (χ0) is 5.70. The average molecular weight is 120 g/mol. The molecule has 0 saturated heterocycles. The smallest absolute Gasteiger partial charge is 0.168 e. The van der Waals surface area contributed by atoms with Gasteiger partial charge in [-0.05, 0) is 0 Å². The quantitative estimate of drug-likeness (QED) is 0.536. The number of ether oxygens (including phenoxy) is 1. The average Bonchev–Trinajstić information content (AvgIpc) is 1.68. The van der Waals surface area contributed by atoms with Gasteiger partial charge in [-0.2, -0.15) is 12.6 Å². The van der Waals surface area contributed by atoms with Gasteiger partial charge in [0.25, 0.3) is 0 Å². The first kappa shape index (κ1) is 6.98. The monoisotopic (exact) mass is 120 g/mol. The summed E-state index contributed by atoms with van der Waals surface area (Å²) in [5, 5.41) is 0. The van der Waals surface area contributed by atoms with E-state index < -0.39 is 0 Å². The maximum absolute atomic E-state index is 10.2. The predicted molar refractivity (Wildman–Crippen MR) is 30.7 cm³/mol. The number of ketones is 1. The fraction of sp³-hybridized carbons (Fsp3) is 0.750. The number of rotatable bonds is 3. The van der Waals surface area contributed by atoms with Crippen LogP contribution in [0.5, 0.6) is 0 Å². The third-order valence-corrected chi connectivity index (χ3v) is 0.834. The van der Waals surface area contributed by atoms with Crippen LogP contribution in [0.1, 0.15) is 0 Å². The van der Waals surface area contributed by atoms with Crippen molar-refractivity contribution in [1.29, 1.82) is 0 Å². The molecule has 0 aliphatic rings. The fourth-order valence-corrected chi connectivity index (χ4v) is 0.298. The van der Waals surface area contributed by atoms with Crippen molar-refractivity contribution in [2.24, 2.45) is 0 Å². The van der Waals surface area contributed by atoms with Gasteiger partial charge in [0.1, 0.15) is 6.61 Å². The molecule has 0 unspecified atom stereocenters. The first-order chi connectivity index (χ1) is 3.31. The number of carbonyl (C=O) groups excluding carboxylic acids is 1. The molecule has 0 atom stereocenters. The molecule has 0 saturated carbocycles. The van der Waals surface area contributed by atoms with E-state index in [-0.39, 0.29) is 18.1 Å². The van der Waals surface area contributed by atoms with Crippen LogP contribution in [0.4, 0.5) is 0 Å². The summed E-state index contributed by atoms with van der Waals surface area (Å²) in [6.07, 6.45) is 0. The molecule has 0 rings (SSSR count). The number of methoxy groups -OCH3 is 1. The highest BCUT2D eigenvalue weighted by Crippen LogP contribution is 1.76. The highest BCUT2D eigenvalue weighted by atomic mass is 32.1. The molecule has 3 heteroatoms. The molecule has 0 heterocycles. The molecule has 0 aromatic heterocycles. The van der Waals surface area contributed by atoms with Crippen molar-refractivity contribution in [1.82, 2.24) is 0 Å². The number of hydrogen-bond donors (Lipinski definition) is 1. The van der Waals surface area contributed by atoms with E-state index in [1.54, 1.807) is 0 Å². The summed E-state index contributed by atoms with van der Waals surface area (Å²) in [6, 6.07) is 0. The van der Waals surface area contributed by atoms with Crippen LogP contribution in [0.15, 0.2) is 0 Å². The van der Waals surface area contributed by atoms with Crippen LogP contribution < -0.4 is 0 Å². The van der Waals surface area contributed by atoms with Gasteiger partial charge in [-0.3, -0.25) is 4.79 Å². The van der Waals surface area contributed by atoms with Crippen molar-refractivity contribution < 1.29 is 9.53 Å². The normalized spacial score (nSPS) is 8.86. The molecule has 0 aromatic rings. The lowest BCUT2D eigenvalue weighted by Gasteiger charge is -1.89. The maximum Gasteiger partial charge on any atom is 0.168 e. The Kier molecular flexibility index (Phi) is 4.14. The van der Waals surface area contributed by atoms with Gasteiger partial charge >= 0.3 is 0 Å². The second-order valence-corrected chi connectivity index (χ2v) is 1.45. The molecule has 7 heavy (non-hydrogen) atoms. The Hall–Kier alpha value is -0.0200. The van der Waals surface area contributed by atoms with E-state index in [0.717, 1.165) is 0 Å². The first-order valence-corrected chi connectivity index (χ1v) is 2.56. The number of Topliss-reactive ketones (excluding diaryl/α,β-unsaturated/α-hetero) is 1. The molecule has 0 fully saturated rings. The summed E-state index contributed by atoms with van der Waals surface area (Å²) in [6.45, 7) is 0.184. The maximum atomic E-state index is 10.2. The molecular weight excluding hydrogens is 112 g/mol. The van der Waals surface area contributed by atoms with E-state index in [1.807, 2.05) is 0 Å². The highest BCUT2D eigenvalue weighted by molar-refractivity contribution is 7.81. The van der Waals surface area contributed by atoms with Gasteiger partial charge in [-0.15, -0.1) is 0 Å². The minimum absolute atomic E-state index is 0.0193. The Balaban J connectivity index is 3.00. The van der Waals surface area contributed by atoms with Crippen molar-refractivity contribution in [3.8, 4) is 0 Å². The molecule has 2 nitrogen and oxygen atoms in total. The van der Waals surface area contributed by atoms with Crippen LogP contribution in [0.3, 0.4) is 0 Å². The molecule has 0 aliphatic carbocycles. The summed E-state index contributed by atoms with van der Waals surface area (Å²) in [7, 11) is 1.49. The van der Waals surface area contributed by atoms with Gasteiger partial charge in [-0.1, -0.05) is 0 Å². The second-order valence-electron chi connectivity index (χ2n) is 1.13. The lowest BCUT2D eigenvalue weighted by molar-refractivity contribution is -0.120. The molecular formula is C4H8O2S. The van der Waals surface area contributed by atoms with Gasteiger partial charge < -0.3 is 4.74 Å². The van der Waals surface area contributed by atoms with E-state index in [0.29, 0.717) is 0 Å². The van der Waals surface area contributed by atoms with Gasteiger partial charge in [0.2, 0.25) is 0 Å². The van der Waals surface area contributed by atoms with Crippen LogP contribution in [0, 0.1) is 0 Å². The van der Waals surface area contributed by atoms with Gasteiger partial charge in [0.05, 0.1) is 5.75 Å². The third kappa shape index (κ3) is 3.82. The molecule has 0 bridgehead atoms. The predicted octanol–water partition coefficient (Wildman–Crippen LogP) is 0.132. The minimum Gasteiger partial charge on any atom is -0.377 e. The van der Waals surface area contributed by atoms with Crippen molar-refractivity contribution in [2.45, 2.75) is 0 Å². The molecule has 0 aromatic carbocycles. The number of thiol groups is 1. The molecule has 0 N–H and O–H groups in total. The Morgan fingerprint density at radius 1 is 1.86 bits per heavy atom. The van der Waals surface area contributed by atoms with Crippen LogP contribution in [-0.2, 0) is 9.53 Å². The van der Waals surface area contributed by atoms with Gasteiger partial charge in [-0.25, -0.2) is 0 Å². The van der Waals surface area contributed by atoms with E-state index >= 15 is 0 Å². The largest absolute Gasteiger partial charge is 0.377 e. The standard InChI is InChI=1S/C4H8O2S/c1-6-2-4(5)3-7/h7H,2-3H2,1H3. The van der Waals surface area contributed by atoms with Crippen LogP contribution >= 0.6 is 12.6 Å². The highest BCUT2D eigenvalue weighted by Gasteiger charge is 1.92. The van der Waals surface area contributed by atoms with E-state index in [1.165, 1.54) is 7.11 Å². The van der Waals surface area contributed by atoms with E-state index in [2.05, 4.69) is 17.4 Å².